The molecule has 2 heterocycles. The topological polar surface area (TPSA) is 125 Å². The van der Waals surface area contributed by atoms with Gasteiger partial charge >= 0.3 is 0 Å². The average Bonchev–Trinajstić information content (AvgIpc) is 3.14. The Morgan fingerprint density at radius 1 is 1.25 bits per heavy atom. The molecule has 4 atom stereocenters. The van der Waals surface area contributed by atoms with Crippen LogP contribution in [0.1, 0.15) is 47.2 Å². The molecule has 3 aliphatic rings. The lowest BCUT2D eigenvalue weighted by molar-refractivity contribution is -0.136. The summed E-state index contributed by atoms with van der Waals surface area (Å²) in [5.41, 5.74) is 8.33. The van der Waals surface area contributed by atoms with Crippen molar-refractivity contribution in [1.82, 2.24) is 15.5 Å². The number of fused-ring (bicyclic) bond motifs is 1. The fourth-order valence-electron chi connectivity index (χ4n) is 4.59. The Balaban J connectivity index is 1.43. The number of piperidine rings is 1. The maximum atomic E-state index is 13.0. The zero-order valence-electron chi connectivity index (χ0n) is 15.7. The molecule has 0 bridgehead atoms. The SMILES string of the molecule is N[C@H]1C[C@H](CNCc2cccc3c2C(=O)N(C2CCC(=O)NC2=O)C3)[C@H](O)C1. The third-order valence-electron chi connectivity index (χ3n) is 6.05. The normalized spacial score (nSPS) is 29.9. The van der Waals surface area contributed by atoms with Crippen LogP contribution in [0.2, 0.25) is 0 Å². The van der Waals surface area contributed by atoms with Gasteiger partial charge in [0.25, 0.3) is 5.91 Å². The van der Waals surface area contributed by atoms with Gasteiger partial charge in [-0.3, -0.25) is 19.7 Å². The van der Waals surface area contributed by atoms with Gasteiger partial charge in [-0.05, 0) is 36.3 Å². The highest BCUT2D eigenvalue weighted by molar-refractivity contribution is 6.05. The van der Waals surface area contributed by atoms with Gasteiger partial charge in [-0.15, -0.1) is 0 Å². The Labute approximate surface area is 163 Å². The molecule has 0 aromatic heterocycles. The van der Waals surface area contributed by atoms with E-state index in [2.05, 4.69) is 10.6 Å². The molecule has 1 aliphatic carbocycles. The first-order valence-corrected chi connectivity index (χ1v) is 9.84. The molecule has 28 heavy (non-hydrogen) atoms. The number of hydrogen-bond donors (Lipinski definition) is 4. The number of imide groups is 1. The lowest BCUT2D eigenvalue weighted by Gasteiger charge is -2.29. The monoisotopic (exact) mass is 386 g/mol. The van der Waals surface area contributed by atoms with Crippen molar-refractivity contribution in [2.75, 3.05) is 6.54 Å². The number of nitrogens with zero attached hydrogens (tertiary/aromatic N) is 1. The highest BCUT2D eigenvalue weighted by Gasteiger charge is 2.40. The first-order chi connectivity index (χ1) is 13.4. The van der Waals surface area contributed by atoms with Gasteiger partial charge in [0.1, 0.15) is 6.04 Å². The molecule has 0 spiro atoms. The van der Waals surface area contributed by atoms with Crippen LogP contribution in [0.15, 0.2) is 18.2 Å². The minimum absolute atomic E-state index is 0.0476. The molecule has 0 radical (unpaired) electrons. The Hall–Kier alpha value is -2.29. The number of nitrogens with one attached hydrogen (secondary N) is 2. The molecule has 2 fully saturated rings. The van der Waals surface area contributed by atoms with Crippen LogP contribution in [-0.4, -0.2) is 52.5 Å². The van der Waals surface area contributed by atoms with E-state index in [9.17, 15) is 19.5 Å². The molecule has 5 N–H and O–H groups in total. The van der Waals surface area contributed by atoms with Crippen molar-refractivity contribution in [1.29, 1.82) is 0 Å². The van der Waals surface area contributed by atoms with Crippen molar-refractivity contribution in [2.24, 2.45) is 11.7 Å². The number of amides is 3. The summed E-state index contributed by atoms with van der Waals surface area (Å²) in [6, 6.07) is 5.17. The number of benzene rings is 1. The van der Waals surface area contributed by atoms with Crippen LogP contribution in [0.25, 0.3) is 0 Å². The molecule has 1 saturated heterocycles. The van der Waals surface area contributed by atoms with E-state index in [1.807, 2.05) is 18.2 Å². The summed E-state index contributed by atoms with van der Waals surface area (Å²) in [6.07, 6.45) is 1.65. The van der Waals surface area contributed by atoms with Gasteiger partial charge in [0.15, 0.2) is 0 Å². The van der Waals surface area contributed by atoms with Gasteiger partial charge in [-0.1, -0.05) is 18.2 Å². The Morgan fingerprint density at radius 2 is 2.07 bits per heavy atom. The Bertz CT molecular complexity index is 811. The van der Waals surface area contributed by atoms with Crippen molar-refractivity contribution < 1.29 is 19.5 Å². The second-order valence-corrected chi connectivity index (χ2v) is 8.04. The Morgan fingerprint density at radius 3 is 2.79 bits per heavy atom. The van der Waals surface area contributed by atoms with E-state index < -0.39 is 11.9 Å². The fourth-order valence-corrected chi connectivity index (χ4v) is 4.59. The van der Waals surface area contributed by atoms with Crippen LogP contribution in [0.3, 0.4) is 0 Å². The molecule has 150 valence electrons. The molecular weight excluding hydrogens is 360 g/mol. The smallest absolute Gasteiger partial charge is 0.255 e. The minimum atomic E-state index is -0.603. The lowest BCUT2D eigenvalue weighted by atomic mass is 10.0. The van der Waals surface area contributed by atoms with Crippen LogP contribution < -0.4 is 16.4 Å². The van der Waals surface area contributed by atoms with Crippen LogP contribution in [-0.2, 0) is 22.7 Å². The number of carbonyl (C=O) groups excluding carboxylic acids is 3. The summed E-state index contributed by atoms with van der Waals surface area (Å²) in [5.74, 6) is -0.722. The van der Waals surface area contributed by atoms with Gasteiger partial charge in [0, 0.05) is 37.7 Å². The van der Waals surface area contributed by atoms with E-state index in [0.29, 0.717) is 38.0 Å². The maximum Gasteiger partial charge on any atom is 0.255 e. The van der Waals surface area contributed by atoms with E-state index in [1.54, 1.807) is 4.90 Å². The van der Waals surface area contributed by atoms with E-state index >= 15 is 0 Å². The number of aliphatic hydroxyl groups is 1. The summed E-state index contributed by atoms with van der Waals surface area (Å²) in [4.78, 5) is 38.2. The van der Waals surface area contributed by atoms with Gasteiger partial charge in [-0.25, -0.2) is 0 Å². The van der Waals surface area contributed by atoms with Crippen LogP contribution in [0.5, 0.6) is 0 Å². The number of hydrogen-bond acceptors (Lipinski definition) is 6. The second-order valence-electron chi connectivity index (χ2n) is 8.04. The molecule has 8 nitrogen and oxygen atoms in total. The predicted octanol–water partition coefficient (Wildman–Crippen LogP) is -0.365. The maximum absolute atomic E-state index is 13.0. The molecule has 8 heteroatoms. The zero-order chi connectivity index (χ0) is 19.8. The van der Waals surface area contributed by atoms with Crippen molar-refractivity contribution >= 4 is 17.7 Å². The molecule has 3 amide bonds. The minimum Gasteiger partial charge on any atom is -0.393 e. The second kappa shape index (κ2) is 7.62. The zero-order valence-corrected chi connectivity index (χ0v) is 15.7. The lowest BCUT2D eigenvalue weighted by Crippen LogP contribution is -2.52. The van der Waals surface area contributed by atoms with Crippen LogP contribution in [0.4, 0.5) is 0 Å². The fraction of sp³-hybridized carbons (Fsp3) is 0.550. The summed E-state index contributed by atoms with van der Waals surface area (Å²) >= 11 is 0. The van der Waals surface area contributed by atoms with Crippen LogP contribution in [0, 0.1) is 5.92 Å². The van der Waals surface area contributed by atoms with Gasteiger partial charge < -0.3 is 21.1 Å². The van der Waals surface area contributed by atoms with Gasteiger partial charge in [-0.2, -0.15) is 0 Å². The summed E-state index contributed by atoms with van der Waals surface area (Å²) in [6.45, 7) is 1.53. The number of aliphatic hydroxyl groups excluding tert-OH is 1. The molecular formula is C20H26N4O4. The standard InChI is InChI=1S/C20H26N4O4/c21-14-6-13(16(25)7-14)9-22-8-11-2-1-3-12-10-24(20(28)18(11)12)15-4-5-17(26)23-19(15)27/h1-3,13-16,22,25H,4-10,21H2,(H,23,26,27)/t13-,14+,15?,16-/m1/s1. The number of carbonyl (C=O) groups is 3. The molecule has 1 aromatic carbocycles. The van der Waals surface area contributed by atoms with E-state index in [4.69, 9.17) is 5.73 Å². The quantitative estimate of drug-likeness (QED) is 0.512. The van der Waals surface area contributed by atoms with Gasteiger partial charge in [0.2, 0.25) is 11.8 Å². The van der Waals surface area contributed by atoms with Crippen molar-refractivity contribution in [2.45, 2.75) is 57.0 Å². The largest absolute Gasteiger partial charge is 0.393 e. The van der Waals surface area contributed by atoms with E-state index in [1.165, 1.54) is 0 Å². The highest BCUT2D eigenvalue weighted by atomic mass is 16.3. The first kappa shape index (κ1) is 19.0. The number of nitrogens with two attached hydrogens (primary N) is 1. The summed E-state index contributed by atoms with van der Waals surface area (Å²) < 4.78 is 0. The van der Waals surface area contributed by atoms with Crippen molar-refractivity contribution in [3.63, 3.8) is 0 Å². The first-order valence-electron chi connectivity index (χ1n) is 9.84. The number of rotatable bonds is 5. The summed E-state index contributed by atoms with van der Waals surface area (Å²) in [7, 11) is 0. The van der Waals surface area contributed by atoms with E-state index in [0.717, 1.165) is 17.5 Å². The van der Waals surface area contributed by atoms with E-state index in [-0.39, 0.29) is 36.3 Å². The molecule has 1 aromatic rings. The molecule has 4 rings (SSSR count). The molecule has 1 unspecified atom stereocenters. The van der Waals surface area contributed by atoms with Crippen LogP contribution >= 0.6 is 0 Å². The van der Waals surface area contributed by atoms with Crippen molar-refractivity contribution in [3.8, 4) is 0 Å². The third kappa shape index (κ3) is 3.55. The molecule has 2 aliphatic heterocycles. The third-order valence-corrected chi connectivity index (χ3v) is 6.05. The highest BCUT2D eigenvalue weighted by Crippen LogP contribution is 2.30. The van der Waals surface area contributed by atoms with Gasteiger partial charge in [0.05, 0.1) is 6.10 Å². The Kier molecular flexibility index (Phi) is 5.18. The van der Waals surface area contributed by atoms with Crippen molar-refractivity contribution in [3.05, 3.63) is 34.9 Å². The predicted molar refractivity (Wildman–Crippen MR) is 101 cm³/mol. The molecule has 1 saturated carbocycles. The summed E-state index contributed by atoms with van der Waals surface area (Å²) in [5, 5.41) is 15.7. The average molecular weight is 386 g/mol.